The number of hydrogen-bond donors (Lipinski definition) is 2. The van der Waals surface area contributed by atoms with Gasteiger partial charge in [-0.1, -0.05) is 60.7 Å². The molecule has 148 valence electrons. The van der Waals surface area contributed by atoms with E-state index in [4.69, 9.17) is 5.11 Å². The van der Waals surface area contributed by atoms with Crippen LogP contribution in [0, 0.1) is 0 Å². The molecule has 0 unspecified atom stereocenters. The number of hydrogen-bond acceptors (Lipinski definition) is 5. The Morgan fingerprint density at radius 2 is 1.31 bits per heavy atom. The second kappa shape index (κ2) is 8.26. The molecule has 0 atom stereocenters. The molecule has 0 radical (unpaired) electrons. The molecular weight excluding hydrogens is 378 g/mol. The van der Waals surface area contributed by atoms with Crippen LogP contribution in [0.25, 0.3) is 0 Å². The highest BCUT2D eigenvalue weighted by atomic mass is 16.4. The van der Waals surface area contributed by atoms with Crippen LogP contribution in [-0.2, 0) is 17.9 Å². The quantitative estimate of drug-likeness (QED) is 0.475. The summed E-state index contributed by atoms with van der Waals surface area (Å²) in [7, 11) is 0. The van der Waals surface area contributed by atoms with Crippen LogP contribution in [0.2, 0.25) is 0 Å². The standard InChI is InChI=1S/C20H17N3O6/c24-16(18(26)27)11-17(25)23-20(29)21(12-14-7-3-1-4-8-14)19(28)22(23)13-15-9-5-2-6-10-15/h1-11,24H,12-13H2,(H,26,27)/b16-11-. The average molecular weight is 395 g/mol. The molecule has 3 rings (SSSR count). The second-order valence-corrected chi connectivity index (χ2v) is 6.16. The van der Waals surface area contributed by atoms with Crippen molar-refractivity contribution in [3.05, 3.63) is 105 Å². The van der Waals surface area contributed by atoms with Crippen LogP contribution in [0.3, 0.4) is 0 Å². The van der Waals surface area contributed by atoms with E-state index in [1.165, 1.54) is 0 Å². The van der Waals surface area contributed by atoms with Crippen molar-refractivity contribution >= 4 is 11.9 Å². The smallest absolute Gasteiger partial charge is 0.371 e. The maximum Gasteiger partial charge on any atom is 0.371 e. The summed E-state index contributed by atoms with van der Waals surface area (Å²) in [5, 5.41) is 18.1. The number of allylic oxidation sites excluding steroid dienone is 1. The largest absolute Gasteiger partial charge is 0.502 e. The van der Waals surface area contributed by atoms with Crippen LogP contribution < -0.4 is 11.4 Å². The Morgan fingerprint density at radius 1 is 0.793 bits per heavy atom. The van der Waals surface area contributed by atoms with Crippen LogP contribution in [0.4, 0.5) is 0 Å². The van der Waals surface area contributed by atoms with Crippen LogP contribution in [0.15, 0.2) is 82.1 Å². The number of aliphatic hydroxyl groups excluding tert-OH is 1. The number of aliphatic hydroxyl groups is 1. The molecule has 2 N–H and O–H groups in total. The molecule has 0 aliphatic heterocycles. The first-order valence-electron chi connectivity index (χ1n) is 8.57. The van der Waals surface area contributed by atoms with Crippen molar-refractivity contribution in [1.29, 1.82) is 0 Å². The van der Waals surface area contributed by atoms with Crippen molar-refractivity contribution in [2.45, 2.75) is 13.1 Å². The number of nitrogens with zero attached hydrogens (tertiary/aromatic N) is 3. The predicted molar refractivity (Wildman–Crippen MR) is 103 cm³/mol. The lowest BCUT2D eigenvalue weighted by molar-refractivity contribution is -0.135. The molecular formula is C20H17N3O6. The Morgan fingerprint density at radius 3 is 1.83 bits per heavy atom. The third-order valence-electron chi connectivity index (χ3n) is 4.15. The highest BCUT2D eigenvalue weighted by molar-refractivity contribution is 5.96. The van der Waals surface area contributed by atoms with Gasteiger partial charge in [0.15, 0.2) is 0 Å². The molecule has 1 heterocycles. The monoisotopic (exact) mass is 395 g/mol. The number of rotatable bonds is 6. The van der Waals surface area contributed by atoms with Gasteiger partial charge < -0.3 is 10.2 Å². The molecule has 29 heavy (non-hydrogen) atoms. The highest BCUT2D eigenvalue weighted by Crippen LogP contribution is 2.03. The molecule has 0 saturated carbocycles. The summed E-state index contributed by atoms with van der Waals surface area (Å²) in [6.07, 6.45) is 0.386. The van der Waals surface area contributed by atoms with E-state index in [1.54, 1.807) is 60.7 Å². The van der Waals surface area contributed by atoms with E-state index in [2.05, 4.69) is 0 Å². The molecule has 0 amide bonds. The van der Waals surface area contributed by atoms with Gasteiger partial charge in [-0.15, -0.1) is 0 Å². The number of carbonyl (C=O) groups is 2. The van der Waals surface area contributed by atoms with Gasteiger partial charge in [0.1, 0.15) is 0 Å². The zero-order valence-corrected chi connectivity index (χ0v) is 15.1. The molecule has 0 saturated heterocycles. The van der Waals surface area contributed by atoms with Crippen LogP contribution in [0.5, 0.6) is 0 Å². The molecule has 2 aromatic carbocycles. The van der Waals surface area contributed by atoms with E-state index in [9.17, 15) is 24.3 Å². The molecule has 9 nitrogen and oxygen atoms in total. The van der Waals surface area contributed by atoms with Gasteiger partial charge in [0.25, 0.3) is 5.91 Å². The predicted octanol–water partition coefficient (Wildman–Crippen LogP) is 1.07. The molecule has 3 aromatic rings. The van der Waals surface area contributed by atoms with Gasteiger partial charge in [0.05, 0.1) is 19.2 Å². The highest BCUT2D eigenvalue weighted by Gasteiger charge is 2.21. The van der Waals surface area contributed by atoms with Crippen molar-refractivity contribution in [2.75, 3.05) is 0 Å². The Kier molecular flexibility index (Phi) is 5.59. The van der Waals surface area contributed by atoms with Crippen molar-refractivity contribution in [2.24, 2.45) is 0 Å². The maximum absolute atomic E-state index is 12.9. The number of aromatic nitrogens is 3. The molecule has 0 spiro atoms. The van der Waals surface area contributed by atoms with E-state index in [0.29, 0.717) is 21.9 Å². The molecule has 0 fully saturated rings. The fraction of sp³-hybridized carbons (Fsp3) is 0.100. The minimum Gasteiger partial charge on any atom is -0.502 e. The fourth-order valence-corrected chi connectivity index (χ4v) is 2.77. The van der Waals surface area contributed by atoms with Gasteiger partial charge in [-0.25, -0.2) is 23.6 Å². The Bertz CT molecular complexity index is 1190. The summed E-state index contributed by atoms with van der Waals surface area (Å²) >= 11 is 0. The van der Waals surface area contributed by atoms with Gasteiger partial charge in [-0.3, -0.25) is 4.79 Å². The van der Waals surface area contributed by atoms with Crippen LogP contribution in [0.1, 0.15) is 15.9 Å². The number of benzene rings is 2. The summed E-state index contributed by atoms with van der Waals surface area (Å²) in [5.41, 5.74) is -0.347. The summed E-state index contributed by atoms with van der Waals surface area (Å²) < 4.78 is 2.31. The number of carboxylic acids is 1. The van der Waals surface area contributed by atoms with E-state index in [-0.39, 0.29) is 13.1 Å². The first-order chi connectivity index (χ1) is 13.9. The summed E-state index contributed by atoms with van der Waals surface area (Å²) in [6, 6.07) is 17.4. The van der Waals surface area contributed by atoms with Gasteiger partial charge in [0.2, 0.25) is 5.76 Å². The number of carboxylic acid groups (broad SMARTS) is 1. The van der Waals surface area contributed by atoms with Gasteiger partial charge >= 0.3 is 17.3 Å². The molecule has 9 heteroatoms. The lowest BCUT2D eigenvalue weighted by atomic mass is 10.2. The third kappa shape index (κ3) is 4.24. The summed E-state index contributed by atoms with van der Waals surface area (Å²) in [5.74, 6) is -4.11. The normalized spacial score (nSPS) is 11.4. The van der Waals surface area contributed by atoms with Crippen LogP contribution in [-0.4, -0.2) is 36.0 Å². The van der Waals surface area contributed by atoms with E-state index >= 15 is 0 Å². The minimum absolute atomic E-state index is 0.0673. The second-order valence-electron chi connectivity index (χ2n) is 6.16. The summed E-state index contributed by atoms with van der Waals surface area (Å²) in [4.78, 5) is 49.0. The first-order valence-corrected chi connectivity index (χ1v) is 8.57. The van der Waals surface area contributed by atoms with E-state index in [1.807, 2.05) is 0 Å². The number of carbonyl (C=O) groups excluding carboxylic acids is 1. The van der Waals surface area contributed by atoms with E-state index < -0.39 is 29.0 Å². The zero-order chi connectivity index (χ0) is 21.0. The van der Waals surface area contributed by atoms with Crippen molar-refractivity contribution < 1.29 is 19.8 Å². The maximum atomic E-state index is 12.9. The van der Waals surface area contributed by atoms with Gasteiger partial charge in [-0.2, -0.15) is 4.68 Å². The first kappa shape index (κ1) is 19.6. The van der Waals surface area contributed by atoms with Gasteiger partial charge in [0, 0.05) is 0 Å². The Labute approximate surface area is 164 Å². The van der Waals surface area contributed by atoms with Crippen LogP contribution >= 0.6 is 0 Å². The van der Waals surface area contributed by atoms with E-state index in [0.717, 1.165) is 9.25 Å². The molecule has 0 aliphatic carbocycles. The SMILES string of the molecule is O=C(O)/C(O)=C/C(=O)n1c(=O)n(Cc2ccccc2)c(=O)n1Cc1ccccc1. The lowest BCUT2D eigenvalue weighted by Crippen LogP contribution is -2.32. The van der Waals surface area contributed by atoms with Gasteiger partial charge in [-0.05, 0) is 11.1 Å². The topological polar surface area (TPSA) is 124 Å². The molecule has 1 aromatic heterocycles. The Balaban J connectivity index is 2.14. The van der Waals surface area contributed by atoms with Crippen molar-refractivity contribution in [3.8, 4) is 0 Å². The van der Waals surface area contributed by atoms with Crippen molar-refractivity contribution in [1.82, 2.24) is 13.9 Å². The van der Waals surface area contributed by atoms with Crippen molar-refractivity contribution in [3.63, 3.8) is 0 Å². The Hall–Kier alpha value is -4.14. The zero-order valence-electron chi connectivity index (χ0n) is 15.1. The third-order valence-corrected chi connectivity index (χ3v) is 4.15. The lowest BCUT2D eigenvalue weighted by Gasteiger charge is -2.06. The minimum atomic E-state index is -1.73. The average Bonchev–Trinajstić information content (AvgIpc) is 2.93. The number of aliphatic carboxylic acids is 1. The molecule has 0 aliphatic rings. The summed E-state index contributed by atoms with van der Waals surface area (Å²) in [6.45, 7) is -0.160. The molecule has 0 bridgehead atoms. The fourth-order valence-electron chi connectivity index (χ4n) is 2.77.